The first-order valence-corrected chi connectivity index (χ1v) is 6.48. The Bertz CT molecular complexity index is 462. The van der Waals surface area contributed by atoms with Gasteiger partial charge in [-0.2, -0.15) is 13.2 Å². The van der Waals surface area contributed by atoms with Gasteiger partial charge in [0.25, 0.3) is 0 Å². The third-order valence-corrected chi connectivity index (χ3v) is 2.95. The van der Waals surface area contributed by atoms with Crippen molar-refractivity contribution in [3.05, 3.63) is 24.0 Å². The zero-order chi connectivity index (χ0) is 15.3. The Hall–Kier alpha value is -1.54. The van der Waals surface area contributed by atoms with Gasteiger partial charge in [-0.25, -0.2) is 4.39 Å². The number of hydrogen-bond acceptors (Lipinski definition) is 4. The van der Waals surface area contributed by atoms with Crippen LogP contribution in [-0.2, 0) is 4.74 Å². The Morgan fingerprint density at radius 1 is 1.19 bits per heavy atom. The molecule has 0 amide bonds. The minimum Gasteiger partial charge on any atom is -0.467 e. The molecule has 1 aromatic rings. The maximum Gasteiger partial charge on any atom is 0.411 e. The number of piperazine rings is 1. The van der Waals surface area contributed by atoms with Gasteiger partial charge in [0.2, 0.25) is 0 Å². The molecule has 0 atom stereocenters. The van der Waals surface area contributed by atoms with Gasteiger partial charge in [0, 0.05) is 32.2 Å². The van der Waals surface area contributed by atoms with Crippen LogP contribution < -0.4 is 15.0 Å². The molecule has 0 saturated carbocycles. The average Bonchev–Trinajstić information content (AvgIpc) is 2.44. The van der Waals surface area contributed by atoms with E-state index in [-0.39, 0.29) is 5.75 Å². The minimum absolute atomic E-state index is 0.133. The van der Waals surface area contributed by atoms with E-state index in [1.165, 1.54) is 6.07 Å². The van der Waals surface area contributed by atoms with Crippen molar-refractivity contribution in [2.24, 2.45) is 0 Å². The molecule has 0 spiro atoms. The van der Waals surface area contributed by atoms with Gasteiger partial charge in [0.1, 0.15) is 18.2 Å². The molecule has 0 radical (unpaired) electrons. The fourth-order valence-corrected chi connectivity index (χ4v) is 2.01. The first kappa shape index (κ1) is 15.8. The SMILES string of the molecule is Fc1cc(OCOCC(F)(F)F)ccc1N1CCNCC1. The third-order valence-electron chi connectivity index (χ3n) is 2.95. The van der Waals surface area contributed by atoms with Gasteiger partial charge in [-0.3, -0.25) is 0 Å². The molecule has 1 aliphatic heterocycles. The Kier molecular flexibility index (Phi) is 5.24. The number of alkyl halides is 3. The molecular weight excluding hydrogens is 292 g/mol. The average molecular weight is 308 g/mol. The summed E-state index contributed by atoms with van der Waals surface area (Å²) in [6.45, 7) is 0.990. The van der Waals surface area contributed by atoms with Gasteiger partial charge in [0.15, 0.2) is 6.79 Å². The van der Waals surface area contributed by atoms with Crippen LogP contribution in [-0.4, -0.2) is 45.8 Å². The molecule has 4 nitrogen and oxygen atoms in total. The predicted molar refractivity (Wildman–Crippen MR) is 69.0 cm³/mol. The maximum atomic E-state index is 14.0. The second kappa shape index (κ2) is 6.95. The lowest BCUT2D eigenvalue weighted by Crippen LogP contribution is -2.43. The van der Waals surface area contributed by atoms with Crippen molar-refractivity contribution in [2.45, 2.75) is 6.18 Å². The first-order chi connectivity index (χ1) is 9.96. The van der Waals surface area contributed by atoms with E-state index in [2.05, 4.69) is 10.1 Å². The second-order valence-electron chi connectivity index (χ2n) is 4.58. The van der Waals surface area contributed by atoms with Crippen LogP contribution in [0.15, 0.2) is 18.2 Å². The number of nitrogens with zero attached hydrogens (tertiary/aromatic N) is 1. The second-order valence-corrected chi connectivity index (χ2v) is 4.58. The van der Waals surface area contributed by atoms with Crippen molar-refractivity contribution < 1.29 is 27.0 Å². The highest BCUT2D eigenvalue weighted by Gasteiger charge is 2.27. The van der Waals surface area contributed by atoms with E-state index in [9.17, 15) is 17.6 Å². The Labute approximate surface area is 119 Å². The lowest BCUT2D eigenvalue weighted by molar-refractivity contribution is -0.186. The van der Waals surface area contributed by atoms with Gasteiger partial charge in [-0.05, 0) is 12.1 Å². The number of anilines is 1. The minimum atomic E-state index is -4.40. The summed E-state index contributed by atoms with van der Waals surface area (Å²) in [6.07, 6.45) is -4.40. The fourth-order valence-electron chi connectivity index (χ4n) is 2.01. The van der Waals surface area contributed by atoms with E-state index in [0.29, 0.717) is 18.8 Å². The summed E-state index contributed by atoms with van der Waals surface area (Å²) in [5.74, 6) is -0.334. The molecule has 1 saturated heterocycles. The largest absolute Gasteiger partial charge is 0.467 e. The van der Waals surface area contributed by atoms with Crippen LogP contribution in [0.25, 0.3) is 0 Å². The number of halogens is 4. The van der Waals surface area contributed by atoms with Crippen molar-refractivity contribution in [1.82, 2.24) is 5.32 Å². The molecule has 1 fully saturated rings. The molecule has 0 bridgehead atoms. The molecular formula is C13H16F4N2O2. The molecule has 21 heavy (non-hydrogen) atoms. The number of benzene rings is 1. The predicted octanol–water partition coefficient (Wildman–Crippen LogP) is 2.15. The van der Waals surface area contributed by atoms with Gasteiger partial charge in [-0.1, -0.05) is 0 Å². The fraction of sp³-hybridized carbons (Fsp3) is 0.538. The van der Waals surface area contributed by atoms with Crippen molar-refractivity contribution in [2.75, 3.05) is 44.5 Å². The van der Waals surface area contributed by atoms with Crippen LogP contribution in [0.1, 0.15) is 0 Å². The molecule has 1 aliphatic rings. The van der Waals surface area contributed by atoms with Crippen LogP contribution >= 0.6 is 0 Å². The van der Waals surface area contributed by atoms with Crippen molar-refractivity contribution in [1.29, 1.82) is 0 Å². The van der Waals surface area contributed by atoms with E-state index >= 15 is 0 Å². The summed E-state index contributed by atoms with van der Waals surface area (Å²) in [6, 6.07) is 4.21. The van der Waals surface area contributed by atoms with E-state index in [0.717, 1.165) is 19.2 Å². The summed E-state index contributed by atoms with van der Waals surface area (Å²) in [4.78, 5) is 1.90. The molecule has 1 aromatic carbocycles. The van der Waals surface area contributed by atoms with Gasteiger partial charge in [0.05, 0.1) is 5.69 Å². The maximum absolute atomic E-state index is 14.0. The molecule has 0 aromatic heterocycles. The van der Waals surface area contributed by atoms with Gasteiger partial charge in [-0.15, -0.1) is 0 Å². The highest BCUT2D eigenvalue weighted by molar-refractivity contribution is 5.51. The van der Waals surface area contributed by atoms with Crippen molar-refractivity contribution >= 4 is 5.69 Å². The summed E-state index contributed by atoms with van der Waals surface area (Å²) in [7, 11) is 0. The molecule has 1 heterocycles. The summed E-state index contributed by atoms with van der Waals surface area (Å²) in [5, 5.41) is 3.16. The molecule has 0 unspecified atom stereocenters. The van der Waals surface area contributed by atoms with E-state index in [4.69, 9.17) is 4.74 Å². The topological polar surface area (TPSA) is 33.7 Å². The number of hydrogen-bond donors (Lipinski definition) is 1. The van der Waals surface area contributed by atoms with Crippen LogP contribution in [0, 0.1) is 5.82 Å². The lowest BCUT2D eigenvalue weighted by Gasteiger charge is -2.29. The smallest absolute Gasteiger partial charge is 0.411 e. The third kappa shape index (κ3) is 5.05. The molecule has 0 aliphatic carbocycles. The van der Waals surface area contributed by atoms with E-state index in [1.807, 2.05) is 4.90 Å². The highest BCUT2D eigenvalue weighted by Crippen LogP contribution is 2.24. The number of rotatable bonds is 5. The zero-order valence-electron chi connectivity index (χ0n) is 11.3. The molecule has 2 rings (SSSR count). The first-order valence-electron chi connectivity index (χ1n) is 6.48. The lowest BCUT2D eigenvalue weighted by atomic mass is 10.2. The number of nitrogens with one attached hydrogen (secondary N) is 1. The standard InChI is InChI=1S/C13H16F4N2O2/c14-11-7-10(21-9-20-8-13(15,16)17)1-2-12(11)19-5-3-18-4-6-19/h1-2,7,18H,3-6,8-9H2. The summed E-state index contributed by atoms with van der Waals surface area (Å²) >= 11 is 0. The Morgan fingerprint density at radius 2 is 1.90 bits per heavy atom. The molecule has 8 heteroatoms. The Morgan fingerprint density at radius 3 is 2.52 bits per heavy atom. The normalized spacial score (nSPS) is 16.1. The van der Waals surface area contributed by atoms with Crippen LogP contribution in [0.2, 0.25) is 0 Å². The van der Waals surface area contributed by atoms with Gasteiger partial charge >= 0.3 is 6.18 Å². The number of ether oxygens (including phenoxy) is 2. The van der Waals surface area contributed by atoms with Gasteiger partial charge < -0.3 is 19.7 Å². The van der Waals surface area contributed by atoms with Crippen molar-refractivity contribution in [3.63, 3.8) is 0 Å². The molecule has 118 valence electrons. The van der Waals surface area contributed by atoms with Crippen LogP contribution in [0.5, 0.6) is 5.75 Å². The van der Waals surface area contributed by atoms with Crippen LogP contribution in [0.3, 0.4) is 0 Å². The highest BCUT2D eigenvalue weighted by atomic mass is 19.4. The summed E-state index contributed by atoms with van der Waals surface area (Å²) in [5.41, 5.74) is 0.458. The quantitative estimate of drug-likeness (QED) is 0.513. The Balaban J connectivity index is 1.86. The zero-order valence-corrected chi connectivity index (χ0v) is 11.3. The molecule has 1 N–H and O–H groups in total. The monoisotopic (exact) mass is 308 g/mol. The van der Waals surface area contributed by atoms with Crippen LogP contribution in [0.4, 0.5) is 23.2 Å². The summed E-state index contributed by atoms with van der Waals surface area (Å²) < 4.78 is 58.8. The van der Waals surface area contributed by atoms with Crippen molar-refractivity contribution in [3.8, 4) is 5.75 Å². The van der Waals surface area contributed by atoms with E-state index < -0.39 is 25.4 Å². The van der Waals surface area contributed by atoms with E-state index in [1.54, 1.807) is 6.07 Å².